The molecule has 2 unspecified atom stereocenters. The molecule has 0 fully saturated rings. The number of aryl methyl sites for hydroxylation is 1. The zero-order valence-electron chi connectivity index (χ0n) is 9.82. The van der Waals surface area contributed by atoms with Gasteiger partial charge in [0.1, 0.15) is 0 Å². The topological polar surface area (TPSA) is 53.7 Å². The minimum atomic E-state index is -0.116. The molecule has 1 aromatic rings. The normalized spacial score (nSPS) is 17.2. The molecule has 2 N–H and O–H groups in total. The Morgan fingerprint density at radius 2 is 1.94 bits per heavy atom. The Labute approximate surface area is 95.3 Å². The highest BCUT2D eigenvalue weighted by Gasteiger charge is 2.22. The maximum atomic E-state index is 5.90. The second-order valence-electron chi connectivity index (χ2n) is 4.08. The molecule has 0 aromatic heterocycles. The summed E-state index contributed by atoms with van der Waals surface area (Å²) < 4.78 is 16.1. The van der Waals surface area contributed by atoms with Crippen molar-refractivity contribution in [3.8, 4) is 11.5 Å². The van der Waals surface area contributed by atoms with E-state index in [2.05, 4.69) is 0 Å². The predicted molar refractivity (Wildman–Crippen MR) is 60.7 cm³/mol. The molecule has 88 valence electrons. The molecule has 0 saturated carbocycles. The van der Waals surface area contributed by atoms with Gasteiger partial charge in [-0.3, -0.25) is 0 Å². The van der Waals surface area contributed by atoms with Crippen molar-refractivity contribution < 1.29 is 14.2 Å². The van der Waals surface area contributed by atoms with Crippen LogP contribution in [0.1, 0.15) is 24.2 Å². The molecule has 0 amide bonds. The molecule has 0 spiro atoms. The van der Waals surface area contributed by atoms with Crippen molar-refractivity contribution in [1.29, 1.82) is 0 Å². The van der Waals surface area contributed by atoms with Crippen LogP contribution in [0.5, 0.6) is 11.5 Å². The van der Waals surface area contributed by atoms with E-state index in [1.54, 1.807) is 7.11 Å². The van der Waals surface area contributed by atoms with Gasteiger partial charge in [0, 0.05) is 13.2 Å². The van der Waals surface area contributed by atoms with Crippen LogP contribution in [-0.2, 0) is 4.74 Å². The molecule has 1 heterocycles. The van der Waals surface area contributed by atoms with E-state index in [-0.39, 0.29) is 18.9 Å². The van der Waals surface area contributed by atoms with Crippen molar-refractivity contribution in [2.24, 2.45) is 5.73 Å². The molecular weight excluding hydrogens is 206 g/mol. The number of rotatable bonds is 3. The van der Waals surface area contributed by atoms with Crippen molar-refractivity contribution in [3.05, 3.63) is 23.3 Å². The first kappa shape index (κ1) is 11.2. The zero-order valence-corrected chi connectivity index (χ0v) is 9.82. The Bertz CT molecular complexity index is 390. The molecule has 0 bridgehead atoms. The van der Waals surface area contributed by atoms with E-state index in [0.29, 0.717) is 0 Å². The van der Waals surface area contributed by atoms with Gasteiger partial charge in [0.15, 0.2) is 11.5 Å². The van der Waals surface area contributed by atoms with Gasteiger partial charge in [0.2, 0.25) is 6.79 Å². The lowest BCUT2D eigenvalue weighted by Gasteiger charge is -2.21. The van der Waals surface area contributed by atoms with Crippen LogP contribution in [0.4, 0.5) is 0 Å². The summed E-state index contributed by atoms with van der Waals surface area (Å²) in [5.41, 5.74) is 8.06. The lowest BCUT2D eigenvalue weighted by Crippen LogP contribution is -2.26. The number of hydrogen-bond donors (Lipinski definition) is 1. The number of methoxy groups -OCH3 is 1. The van der Waals surface area contributed by atoms with Crippen LogP contribution in [0.3, 0.4) is 0 Å². The van der Waals surface area contributed by atoms with Crippen molar-refractivity contribution in [1.82, 2.24) is 0 Å². The summed E-state index contributed by atoms with van der Waals surface area (Å²) in [5.74, 6) is 1.56. The van der Waals surface area contributed by atoms with Gasteiger partial charge in [-0.1, -0.05) is 0 Å². The molecule has 0 aliphatic carbocycles. The number of hydrogen-bond acceptors (Lipinski definition) is 4. The molecule has 2 atom stereocenters. The Balaban J connectivity index is 2.40. The van der Waals surface area contributed by atoms with Crippen molar-refractivity contribution in [2.75, 3.05) is 13.9 Å². The lowest BCUT2D eigenvalue weighted by molar-refractivity contribution is 0.0846. The lowest BCUT2D eigenvalue weighted by atomic mass is 9.98. The van der Waals surface area contributed by atoms with Gasteiger partial charge in [0.05, 0.1) is 6.10 Å². The first-order chi connectivity index (χ1) is 7.63. The van der Waals surface area contributed by atoms with Crippen LogP contribution < -0.4 is 15.2 Å². The maximum Gasteiger partial charge on any atom is 0.231 e. The maximum absolute atomic E-state index is 5.90. The highest BCUT2D eigenvalue weighted by molar-refractivity contribution is 5.49. The highest BCUT2D eigenvalue weighted by Crippen LogP contribution is 2.37. The molecule has 1 aliphatic heterocycles. The van der Waals surface area contributed by atoms with E-state index < -0.39 is 0 Å². The molecule has 4 nitrogen and oxygen atoms in total. The number of nitrogens with two attached hydrogens (primary N) is 1. The van der Waals surface area contributed by atoms with Crippen LogP contribution >= 0.6 is 0 Å². The van der Waals surface area contributed by atoms with Crippen LogP contribution in [0.25, 0.3) is 0 Å². The fraction of sp³-hybridized carbons (Fsp3) is 0.500. The van der Waals surface area contributed by atoms with Gasteiger partial charge < -0.3 is 19.9 Å². The minimum Gasteiger partial charge on any atom is -0.454 e. The molecule has 1 aliphatic rings. The van der Waals surface area contributed by atoms with Crippen molar-refractivity contribution >= 4 is 0 Å². The van der Waals surface area contributed by atoms with Crippen molar-refractivity contribution in [2.45, 2.75) is 26.0 Å². The Kier molecular flexibility index (Phi) is 3.03. The molecule has 4 heteroatoms. The summed E-state index contributed by atoms with van der Waals surface area (Å²) in [6.45, 7) is 4.23. The van der Waals surface area contributed by atoms with Gasteiger partial charge in [-0.05, 0) is 37.1 Å². The highest BCUT2D eigenvalue weighted by atomic mass is 16.7. The van der Waals surface area contributed by atoms with Gasteiger partial charge in [-0.15, -0.1) is 0 Å². The summed E-state index contributed by atoms with van der Waals surface area (Å²) in [7, 11) is 1.66. The van der Waals surface area contributed by atoms with E-state index in [9.17, 15) is 0 Å². The molecule has 2 rings (SSSR count). The Morgan fingerprint density at radius 3 is 2.50 bits per heavy atom. The van der Waals surface area contributed by atoms with Gasteiger partial charge in [0.25, 0.3) is 0 Å². The fourth-order valence-corrected chi connectivity index (χ4v) is 1.99. The fourth-order valence-electron chi connectivity index (χ4n) is 1.99. The van der Waals surface area contributed by atoms with Crippen LogP contribution in [0.2, 0.25) is 0 Å². The third-order valence-electron chi connectivity index (χ3n) is 2.80. The average molecular weight is 223 g/mol. The second-order valence-corrected chi connectivity index (χ2v) is 4.08. The third-order valence-corrected chi connectivity index (χ3v) is 2.80. The molecule has 0 radical (unpaired) electrons. The van der Waals surface area contributed by atoms with Gasteiger partial charge >= 0.3 is 0 Å². The second kappa shape index (κ2) is 4.31. The first-order valence-electron chi connectivity index (χ1n) is 5.32. The quantitative estimate of drug-likeness (QED) is 0.848. The predicted octanol–water partition coefficient (Wildman–Crippen LogP) is 1.76. The zero-order chi connectivity index (χ0) is 11.7. The molecule has 16 heavy (non-hydrogen) atoms. The van der Waals surface area contributed by atoms with Crippen LogP contribution in [-0.4, -0.2) is 19.9 Å². The van der Waals surface area contributed by atoms with Gasteiger partial charge in [-0.2, -0.15) is 0 Å². The summed E-state index contributed by atoms with van der Waals surface area (Å²) in [5, 5.41) is 0. The summed E-state index contributed by atoms with van der Waals surface area (Å²) in [6.07, 6.45) is -0.116. The summed E-state index contributed by atoms with van der Waals surface area (Å²) in [4.78, 5) is 0. The molecular formula is C12H17NO3. The largest absolute Gasteiger partial charge is 0.454 e. The smallest absolute Gasteiger partial charge is 0.231 e. The van der Waals surface area contributed by atoms with E-state index in [1.165, 1.54) is 0 Å². The minimum absolute atomic E-state index is 0.0657. The number of benzene rings is 1. The Morgan fingerprint density at radius 1 is 1.31 bits per heavy atom. The standard InChI is InChI=1S/C12H17NO3/c1-7-4-10-11(16-6-15-10)5-9(7)12(14-3)8(2)13/h4-5,8,12H,6,13H2,1-3H3. The SMILES string of the molecule is COC(c1cc2c(cc1C)OCO2)C(C)N. The van der Waals surface area contributed by atoms with E-state index in [1.807, 2.05) is 26.0 Å². The van der Waals surface area contributed by atoms with Crippen molar-refractivity contribution in [3.63, 3.8) is 0 Å². The summed E-state index contributed by atoms with van der Waals surface area (Å²) in [6, 6.07) is 3.85. The molecule has 0 saturated heterocycles. The molecule has 1 aromatic carbocycles. The van der Waals surface area contributed by atoms with Crippen LogP contribution in [0, 0.1) is 6.92 Å². The Hall–Kier alpha value is -1.26. The van der Waals surface area contributed by atoms with E-state index >= 15 is 0 Å². The number of ether oxygens (including phenoxy) is 3. The number of fused-ring (bicyclic) bond motifs is 1. The average Bonchev–Trinajstić information content (AvgIpc) is 2.65. The third kappa shape index (κ3) is 1.86. The van der Waals surface area contributed by atoms with E-state index in [0.717, 1.165) is 22.6 Å². The van der Waals surface area contributed by atoms with E-state index in [4.69, 9.17) is 19.9 Å². The monoisotopic (exact) mass is 223 g/mol. The summed E-state index contributed by atoms with van der Waals surface area (Å²) >= 11 is 0. The van der Waals surface area contributed by atoms with Gasteiger partial charge in [-0.25, -0.2) is 0 Å². The first-order valence-corrected chi connectivity index (χ1v) is 5.32. The van der Waals surface area contributed by atoms with Crippen LogP contribution in [0.15, 0.2) is 12.1 Å².